The zero-order chi connectivity index (χ0) is 14.9. The van der Waals surface area contributed by atoms with Gasteiger partial charge in [-0.05, 0) is 18.6 Å². The third-order valence-corrected chi connectivity index (χ3v) is 2.81. The summed E-state index contributed by atoms with van der Waals surface area (Å²) in [4.78, 5) is 16.1. The van der Waals surface area contributed by atoms with Crippen LogP contribution in [-0.2, 0) is 6.42 Å². The lowest BCUT2D eigenvalue weighted by molar-refractivity contribution is 0.0953. The summed E-state index contributed by atoms with van der Waals surface area (Å²) in [6.45, 7) is 0.314. The van der Waals surface area contributed by atoms with Crippen molar-refractivity contribution in [2.75, 3.05) is 13.2 Å². The minimum Gasteiger partial charge on any atom is -0.384 e. The molecule has 0 spiro atoms. The lowest BCUT2D eigenvalue weighted by Crippen LogP contribution is -2.25. The van der Waals surface area contributed by atoms with Gasteiger partial charge in [0.2, 0.25) is 0 Å². The van der Waals surface area contributed by atoms with Crippen molar-refractivity contribution in [1.29, 1.82) is 0 Å². The van der Waals surface area contributed by atoms with Crippen LogP contribution < -0.4 is 5.32 Å². The van der Waals surface area contributed by atoms with Gasteiger partial charge in [-0.2, -0.15) is 5.10 Å². The van der Waals surface area contributed by atoms with Crippen LogP contribution >= 0.6 is 0 Å². The summed E-state index contributed by atoms with van der Waals surface area (Å²) in [6.07, 6.45) is 2.96. The number of nitrogens with one attached hydrogen (secondary N) is 2. The van der Waals surface area contributed by atoms with Crippen LogP contribution in [0.3, 0.4) is 0 Å². The summed E-state index contributed by atoms with van der Waals surface area (Å²) in [6, 6.07) is 7.06. The van der Waals surface area contributed by atoms with Crippen molar-refractivity contribution in [3.8, 4) is 11.8 Å². The van der Waals surface area contributed by atoms with Crippen molar-refractivity contribution in [3.63, 3.8) is 0 Å². The van der Waals surface area contributed by atoms with Crippen LogP contribution in [0, 0.1) is 11.8 Å². The first-order chi connectivity index (χ1) is 10.3. The second kappa shape index (κ2) is 7.82. The van der Waals surface area contributed by atoms with Gasteiger partial charge in [-0.1, -0.05) is 24.0 Å². The fourth-order valence-corrected chi connectivity index (χ4v) is 1.83. The highest BCUT2D eigenvalue weighted by atomic mass is 16.2. The second-order valence-electron chi connectivity index (χ2n) is 4.30. The SMILES string of the molecule is O=C(NCCCc1ncn[nH]1)c1ccccc1C#CCO. The van der Waals surface area contributed by atoms with E-state index < -0.39 is 0 Å². The minimum absolute atomic E-state index is 0.171. The lowest BCUT2D eigenvalue weighted by Gasteiger charge is -2.06. The monoisotopic (exact) mass is 284 g/mol. The van der Waals surface area contributed by atoms with Crippen LogP contribution in [0.5, 0.6) is 0 Å². The molecular weight excluding hydrogens is 268 g/mol. The summed E-state index contributed by atoms with van der Waals surface area (Å²) in [5.41, 5.74) is 1.12. The number of hydrogen-bond acceptors (Lipinski definition) is 4. The van der Waals surface area contributed by atoms with Crippen LogP contribution in [0.25, 0.3) is 0 Å². The second-order valence-corrected chi connectivity index (χ2v) is 4.30. The van der Waals surface area contributed by atoms with Crippen molar-refractivity contribution in [3.05, 3.63) is 47.5 Å². The summed E-state index contributed by atoms with van der Waals surface area (Å²) >= 11 is 0. The first-order valence-corrected chi connectivity index (χ1v) is 6.62. The van der Waals surface area contributed by atoms with E-state index in [1.165, 1.54) is 6.33 Å². The number of carbonyl (C=O) groups excluding carboxylic acids is 1. The van der Waals surface area contributed by atoms with Crippen LogP contribution in [0.2, 0.25) is 0 Å². The number of aryl methyl sites for hydroxylation is 1. The normalized spacial score (nSPS) is 9.76. The molecule has 0 atom stereocenters. The molecule has 6 heteroatoms. The predicted molar refractivity (Wildman–Crippen MR) is 77.4 cm³/mol. The number of aromatic nitrogens is 3. The Morgan fingerprint density at radius 3 is 3.00 bits per heavy atom. The maximum atomic E-state index is 12.1. The molecule has 0 saturated heterocycles. The molecule has 108 valence electrons. The van der Waals surface area contributed by atoms with Crippen LogP contribution in [0.4, 0.5) is 0 Å². The van der Waals surface area contributed by atoms with Gasteiger partial charge < -0.3 is 10.4 Å². The third kappa shape index (κ3) is 4.44. The maximum Gasteiger partial charge on any atom is 0.252 e. The van der Waals surface area contributed by atoms with Gasteiger partial charge in [0.25, 0.3) is 5.91 Å². The molecular formula is C15H16N4O2. The Hall–Kier alpha value is -2.65. The zero-order valence-corrected chi connectivity index (χ0v) is 11.5. The number of aliphatic hydroxyl groups excluding tert-OH is 1. The minimum atomic E-state index is -0.229. The van der Waals surface area contributed by atoms with E-state index in [-0.39, 0.29) is 12.5 Å². The van der Waals surface area contributed by atoms with Gasteiger partial charge in [0.15, 0.2) is 0 Å². The Morgan fingerprint density at radius 2 is 2.24 bits per heavy atom. The Balaban J connectivity index is 1.88. The third-order valence-electron chi connectivity index (χ3n) is 2.81. The Bertz CT molecular complexity index is 641. The number of carbonyl (C=O) groups is 1. The van der Waals surface area contributed by atoms with E-state index in [1.54, 1.807) is 18.2 Å². The number of aliphatic hydroxyl groups is 1. The van der Waals surface area contributed by atoms with Crippen LogP contribution in [0.1, 0.15) is 28.2 Å². The largest absolute Gasteiger partial charge is 0.384 e. The molecule has 0 aliphatic carbocycles. The Labute approximate surface area is 122 Å². The quantitative estimate of drug-likeness (QED) is 0.551. The zero-order valence-electron chi connectivity index (χ0n) is 11.5. The van der Waals surface area contributed by atoms with Crippen LogP contribution in [0.15, 0.2) is 30.6 Å². The molecule has 2 rings (SSSR count). The van der Waals surface area contributed by atoms with Gasteiger partial charge in [0, 0.05) is 18.5 Å². The van der Waals surface area contributed by atoms with E-state index in [4.69, 9.17) is 5.11 Å². The number of H-pyrrole nitrogens is 1. The van der Waals surface area contributed by atoms with E-state index >= 15 is 0 Å². The number of amides is 1. The molecule has 0 bridgehead atoms. The van der Waals surface area contributed by atoms with Crippen molar-refractivity contribution in [2.45, 2.75) is 12.8 Å². The van der Waals surface area contributed by atoms with Gasteiger partial charge in [-0.3, -0.25) is 9.89 Å². The molecule has 0 fully saturated rings. The van der Waals surface area contributed by atoms with Crippen molar-refractivity contribution >= 4 is 5.91 Å². The Kier molecular flexibility index (Phi) is 5.50. The van der Waals surface area contributed by atoms with E-state index in [9.17, 15) is 4.79 Å². The highest BCUT2D eigenvalue weighted by Gasteiger charge is 2.08. The predicted octanol–water partition coefficient (Wildman–Crippen LogP) is 0.511. The summed E-state index contributed by atoms with van der Waals surface area (Å²) < 4.78 is 0. The average molecular weight is 284 g/mol. The number of hydrogen-bond donors (Lipinski definition) is 3. The fourth-order valence-electron chi connectivity index (χ4n) is 1.83. The molecule has 1 heterocycles. The van der Waals surface area contributed by atoms with E-state index in [0.29, 0.717) is 17.7 Å². The topological polar surface area (TPSA) is 90.9 Å². The molecule has 6 nitrogen and oxygen atoms in total. The van der Waals surface area contributed by atoms with E-state index in [2.05, 4.69) is 32.3 Å². The van der Waals surface area contributed by atoms with Crippen molar-refractivity contribution < 1.29 is 9.90 Å². The highest BCUT2D eigenvalue weighted by Crippen LogP contribution is 2.07. The number of rotatable bonds is 5. The first kappa shape index (κ1) is 14.8. The maximum absolute atomic E-state index is 12.1. The summed E-state index contributed by atoms with van der Waals surface area (Å²) in [7, 11) is 0. The molecule has 0 saturated carbocycles. The number of nitrogens with zero attached hydrogens (tertiary/aromatic N) is 2. The highest BCUT2D eigenvalue weighted by molar-refractivity contribution is 5.96. The van der Waals surface area contributed by atoms with E-state index in [1.807, 2.05) is 6.07 Å². The molecule has 2 aromatic rings. The molecule has 3 N–H and O–H groups in total. The van der Waals surface area contributed by atoms with Gasteiger partial charge in [-0.25, -0.2) is 4.98 Å². The number of aromatic amines is 1. The smallest absolute Gasteiger partial charge is 0.252 e. The summed E-state index contributed by atoms with van der Waals surface area (Å²) in [5.74, 6) is 5.96. The van der Waals surface area contributed by atoms with Gasteiger partial charge in [0.05, 0.1) is 5.56 Å². The molecule has 1 aromatic heterocycles. The van der Waals surface area contributed by atoms with E-state index in [0.717, 1.165) is 18.7 Å². The molecule has 0 radical (unpaired) electrons. The van der Waals surface area contributed by atoms with Gasteiger partial charge in [-0.15, -0.1) is 0 Å². The average Bonchev–Trinajstić information content (AvgIpc) is 3.03. The molecule has 1 aromatic carbocycles. The van der Waals surface area contributed by atoms with Crippen LogP contribution in [-0.4, -0.2) is 39.3 Å². The molecule has 0 aliphatic heterocycles. The Morgan fingerprint density at radius 1 is 1.38 bits per heavy atom. The first-order valence-electron chi connectivity index (χ1n) is 6.62. The lowest BCUT2D eigenvalue weighted by atomic mass is 10.1. The molecule has 21 heavy (non-hydrogen) atoms. The standard InChI is InChI=1S/C15H16N4O2/c20-10-4-6-12-5-1-2-7-13(12)15(21)16-9-3-8-14-17-11-18-19-14/h1-2,5,7,11,20H,3,8-10H2,(H,16,21)(H,17,18,19). The fraction of sp³-hybridized carbons (Fsp3) is 0.267. The van der Waals surface area contributed by atoms with Crippen molar-refractivity contribution in [2.24, 2.45) is 0 Å². The molecule has 0 aliphatic rings. The number of benzene rings is 1. The molecule has 0 unspecified atom stereocenters. The summed E-state index contributed by atoms with van der Waals surface area (Å²) in [5, 5.41) is 18.1. The van der Waals surface area contributed by atoms with Gasteiger partial charge >= 0.3 is 0 Å². The van der Waals surface area contributed by atoms with Gasteiger partial charge in [0.1, 0.15) is 18.8 Å². The molecule has 1 amide bonds. The van der Waals surface area contributed by atoms with Crippen molar-refractivity contribution in [1.82, 2.24) is 20.5 Å².